The number of hydrogen-bond acceptors (Lipinski definition) is 3. The molecule has 4 nitrogen and oxygen atoms in total. The van der Waals surface area contributed by atoms with Crippen molar-refractivity contribution in [2.24, 2.45) is 0 Å². The van der Waals surface area contributed by atoms with Crippen molar-refractivity contribution in [3.05, 3.63) is 52.5 Å². The van der Waals surface area contributed by atoms with E-state index in [9.17, 15) is 9.00 Å². The highest BCUT2D eigenvalue weighted by Gasteiger charge is 2.14. The summed E-state index contributed by atoms with van der Waals surface area (Å²) in [6, 6.07) is 12.5. The second-order valence-electron chi connectivity index (χ2n) is 4.54. The Bertz CT molecular complexity index is 704. The third-order valence-corrected chi connectivity index (χ3v) is 4.76. The minimum absolute atomic E-state index is 0.125. The summed E-state index contributed by atoms with van der Waals surface area (Å²) in [5.74, 6) is -0.437. The molecular weight excluding hydrogens is 352 g/mol. The molecule has 110 valence electrons. The molecule has 0 saturated carbocycles. The lowest BCUT2D eigenvalue weighted by atomic mass is 10.2. The van der Waals surface area contributed by atoms with Crippen molar-refractivity contribution in [3.8, 4) is 0 Å². The van der Waals surface area contributed by atoms with Crippen molar-refractivity contribution >= 4 is 44.0 Å². The molecule has 0 aliphatic heterocycles. The van der Waals surface area contributed by atoms with Gasteiger partial charge in [0.2, 0.25) is 5.91 Å². The van der Waals surface area contributed by atoms with E-state index in [4.69, 9.17) is 5.73 Å². The molecule has 0 aliphatic rings. The van der Waals surface area contributed by atoms with Crippen LogP contribution in [0.3, 0.4) is 0 Å². The lowest BCUT2D eigenvalue weighted by Crippen LogP contribution is -2.20. The average Bonchev–Trinajstić information content (AvgIpc) is 2.41. The monoisotopic (exact) mass is 366 g/mol. The van der Waals surface area contributed by atoms with Crippen LogP contribution in [0.25, 0.3) is 0 Å². The van der Waals surface area contributed by atoms with E-state index in [0.717, 1.165) is 10.0 Å². The maximum Gasteiger partial charge on any atom is 0.237 e. The lowest BCUT2D eigenvalue weighted by Gasteiger charge is -2.09. The molecular formula is C15H15BrN2O2S. The first-order valence-corrected chi connectivity index (χ1v) is 8.37. The number of halogens is 1. The summed E-state index contributed by atoms with van der Waals surface area (Å²) in [5.41, 5.74) is 7.89. The zero-order valence-electron chi connectivity index (χ0n) is 11.4. The van der Waals surface area contributed by atoms with Crippen molar-refractivity contribution in [3.63, 3.8) is 0 Å². The smallest absolute Gasteiger partial charge is 0.237 e. The van der Waals surface area contributed by atoms with Crippen molar-refractivity contribution in [1.82, 2.24) is 0 Å². The summed E-state index contributed by atoms with van der Waals surface area (Å²) < 4.78 is 13.1. The summed E-state index contributed by atoms with van der Waals surface area (Å²) in [6.07, 6.45) is 0. The minimum atomic E-state index is -1.46. The SMILES string of the molecule is Cc1cccc(S(=O)CC(=O)Nc2cccc(Br)c2)c1N. The lowest BCUT2D eigenvalue weighted by molar-refractivity contribution is -0.113. The van der Waals surface area contributed by atoms with Gasteiger partial charge in [-0.15, -0.1) is 0 Å². The first kappa shape index (κ1) is 15.7. The van der Waals surface area contributed by atoms with E-state index >= 15 is 0 Å². The van der Waals surface area contributed by atoms with Crippen molar-refractivity contribution in [2.75, 3.05) is 16.8 Å². The van der Waals surface area contributed by atoms with Gasteiger partial charge >= 0.3 is 0 Å². The molecule has 3 N–H and O–H groups in total. The summed E-state index contributed by atoms with van der Waals surface area (Å²) in [5, 5.41) is 2.71. The molecule has 0 aromatic heterocycles. The molecule has 2 aromatic carbocycles. The fourth-order valence-corrected chi connectivity index (χ4v) is 3.31. The Morgan fingerprint density at radius 2 is 2.00 bits per heavy atom. The molecule has 2 aromatic rings. The van der Waals surface area contributed by atoms with Crippen LogP contribution in [-0.4, -0.2) is 15.9 Å². The number of carbonyl (C=O) groups excluding carboxylic acids is 1. The van der Waals surface area contributed by atoms with Gasteiger partial charge in [-0.05, 0) is 36.8 Å². The predicted molar refractivity (Wildman–Crippen MR) is 89.6 cm³/mol. The molecule has 6 heteroatoms. The van der Waals surface area contributed by atoms with E-state index in [2.05, 4.69) is 21.2 Å². The van der Waals surface area contributed by atoms with Crippen LogP contribution in [0.5, 0.6) is 0 Å². The van der Waals surface area contributed by atoms with E-state index < -0.39 is 10.8 Å². The summed E-state index contributed by atoms with van der Waals surface area (Å²) in [7, 11) is -1.46. The van der Waals surface area contributed by atoms with Gasteiger partial charge in [0.25, 0.3) is 0 Å². The zero-order chi connectivity index (χ0) is 15.4. The molecule has 1 unspecified atom stereocenters. The molecule has 1 atom stereocenters. The van der Waals surface area contributed by atoms with Gasteiger partial charge in [-0.2, -0.15) is 0 Å². The van der Waals surface area contributed by atoms with Gasteiger partial charge in [-0.25, -0.2) is 0 Å². The standard InChI is InChI=1S/C15H15BrN2O2S/c1-10-4-2-7-13(15(10)17)21(20)9-14(19)18-12-6-3-5-11(16)8-12/h2-8H,9,17H2,1H3,(H,18,19). The molecule has 0 fully saturated rings. The Kier molecular flexibility index (Phi) is 5.14. The number of para-hydroxylation sites is 1. The maximum atomic E-state index is 12.2. The molecule has 2 rings (SSSR count). The van der Waals surface area contributed by atoms with Gasteiger partial charge in [-0.3, -0.25) is 9.00 Å². The normalized spacial score (nSPS) is 11.9. The fraction of sp³-hybridized carbons (Fsp3) is 0.133. The number of hydrogen-bond donors (Lipinski definition) is 2. The number of nitrogens with one attached hydrogen (secondary N) is 1. The highest BCUT2D eigenvalue weighted by molar-refractivity contribution is 9.10. The topological polar surface area (TPSA) is 72.2 Å². The quantitative estimate of drug-likeness (QED) is 0.816. The van der Waals surface area contributed by atoms with Crippen molar-refractivity contribution < 1.29 is 9.00 Å². The van der Waals surface area contributed by atoms with E-state index in [1.165, 1.54) is 0 Å². The highest BCUT2D eigenvalue weighted by atomic mass is 79.9. The Hall–Kier alpha value is -1.66. The van der Waals surface area contributed by atoms with Gasteiger partial charge in [0.15, 0.2) is 0 Å². The van der Waals surface area contributed by atoms with E-state index in [1.54, 1.807) is 24.3 Å². The second-order valence-corrected chi connectivity index (χ2v) is 6.87. The molecule has 0 spiro atoms. The van der Waals surface area contributed by atoms with Gasteiger partial charge in [0, 0.05) is 10.2 Å². The Labute approximate surface area is 134 Å². The zero-order valence-corrected chi connectivity index (χ0v) is 13.8. The third kappa shape index (κ3) is 4.15. The molecule has 0 aliphatic carbocycles. The van der Waals surface area contributed by atoms with Crippen LogP contribution in [0.4, 0.5) is 11.4 Å². The molecule has 0 radical (unpaired) electrons. The second kappa shape index (κ2) is 6.87. The van der Waals surface area contributed by atoms with Crippen LogP contribution in [0, 0.1) is 6.92 Å². The van der Waals surface area contributed by atoms with Crippen LogP contribution >= 0.6 is 15.9 Å². The molecule has 21 heavy (non-hydrogen) atoms. The molecule has 0 bridgehead atoms. The summed E-state index contributed by atoms with van der Waals surface area (Å²) in [4.78, 5) is 12.4. The maximum absolute atomic E-state index is 12.2. The predicted octanol–water partition coefficient (Wildman–Crippen LogP) is 3.09. The molecule has 1 amide bonds. The van der Waals surface area contributed by atoms with E-state index in [0.29, 0.717) is 16.3 Å². The van der Waals surface area contributed by atoms with E-state index in [-0.39, 0.29) is 11.7 Å². The number of aryl methyl sites for hydroxylation is 1. The van der Waals surface area contributed by atoms with Crippen LogP contribution in [0.2, 0.25) is 0 Å². The van der Waals surface area contributed by atoms with Gasteiger partial charge in [-0.1, -0.05) is 34.1 Å². The number of nitrogen functional groups attached to an aromatic ring is 1. The van der Waals surface area contributed by atoms with Crippen molar-refractivity contribution in [1.29, 1.82) is 0 Å². The van der Waals surface area contributed by atoms with Crippen LogP contribution in [0.15, 0.2) is 51.8 Å². The van der Waals surface area contributed by atoms with Gasteiger partial charge < -0.3 is 11.1 Å². The number of carbonyl (C=O) groups is 1. The van der Waals surface area contributed by atoms with Gasteiger partial charge in [0.1, 0.15) is 5.75 Å². The first-order chi connectivity index (χ1) is 9.97. The molecule has 0 saturated heterocycles. The number of amides is 1. The van der Waals surface area contributed by atoms with E-state index in [1.807, 2.05) is 25.1 Å². The summed E-state index contributed by atoms with van der Waals surface area (Å²) in [6.45, 7) is 1.84. The average molecular weight is 367 g/mol. The number of benzene rings is 2. The number of nitrogens with two attached hydrogens (primary N) is 1. The minimum Gasteiger partial charge on any atom is -0.398 e. The third-order valence-electron chi connectivity index (χ3n) is 2.90. The fourth-order valence-electron chi connectivity index (χ4n) is 1.81. The Morgan fingerprint density at radius 3 is 2.71 bits per heavy atom. The van der Waals surface area contributed by atoms with Crippen molar-refractivity contribution in [2.45, 2.75) is 11.8 Å². The summed E-state index contributed by atoms with van der Waals surface area (Å²) >= 11 is 3.33. The van der Waals surface area contributed by atoms with Crippen LogP contribution < -0.4 is 11.1 Å². The van der Waals surface area contributed by atoms with Crippen LogP contribution in [0.1, 0.15) is 5.56 Å². The Balaban J connectivity index is 2.06. The van der Waals surface area contributed by atoms with Gasteiger partial charge in [0.05, 0.1) is 21.4 Å². The highest BCUT2D eigenvalue weighted by Crippen LogP contribution is 2.21. The molecule has 0 heterocycles. The van der Waals surface area contributed by atoms with Crippen LogP contribution in [-0.2, 0) is 15.6 Å². The number of anilines is 2. The Morgan fingerprint density at radius 1 is 1.29 bits per heavy atom. The largest absolute Gasteiger partial charge is 0.398 e. The first-order valence-electron chi connectivity index (χ1n) is 6.26. The number of rotatable bonds is 4.